The number of hydrogen-bond donors (Lipinski definition) is 1. The highest BCUT2D eigenvalue weighted by molar-refractivity contribution is 5.97. The number of rotatable bonds is 7. The fraction of sp³-hybridized carbons (Fsp3) is 0.286. The number of aliphatic hydroxyl groups excluding tert-OH is 1. The monoisotopic (exact) mass is 473 g/mol. The average molecular weight is 474 g/mol. The van der Waals surface area contributed by atoms with Gasteiger partial charge >= 0.3 is 6.03 Å². The lowest BCUT2D eigenvalue weighted by molar-refractivity contribution is 0.0903. The molecule has 0 atom stereocenters. The number of carbonyl (C=O) groups excluding carboxylic acids is 2. The predicted molar refractivity (Wildman–Crippen MR) is 137 cm³/mol. The first-order valence-corrected chi connectivity index (χ1v) is 11.7. The summed E-state index contributed by atoms with van der Waals surface area (Å²) in [6.07, 6.45) is 0. The zero-order valence-electron chi connectivity index (χ0n) is 20.2. The lowest BCUT2D eigenvalue weighted by atomic mass is 10.1. The van der Waals surface area contributed by atoms with E-state index in [1.807, 2.05) is 66.4 Å². The molecule has 0 spiro atoms. The molecule has 0 saturated carbocycles. The van der Waals surface area contributed by atoms with Crippen molar-refractivity contribution in [1.29, 1.82) is 0 Å². The summed E-state index contributed by atoms with van der Waals surface area (Å²) in [5.74, 6) is 0.496. The van der Waals surface area contributed by atoms with Crippen LogP contribution in [-0.4, -0.2) is 61.7 Å². The summed E-state index contributed by atoms with van der Waals surface area (Å²) < 4.78 is 5.35. The van der Waals surface area contributed by atoms with Crippen molar-refractivity contribution in [3.63, 3.8) is 0 Å². The minimum atomic E-state index is -0.519. The average Bonchev–Trinajstić information content (AvgIpc) is 2.91. The van der Waals surface area contributed by atoms with E-state index in [1.165, 1.54) is 0 Å². The van der Waals surface area contributed by atoms with Gasteiger partial charge in [-0.25, -0.2) is 4.79 Å². The number of amides is 2. The van der Waals surface area contributed by atoms with Crippen LogP contribution in [-0.2, 0) is 6.54 Å². The molecule has 1 fully saturated rings. The molecule has 2 amide bonds. The Hall–Kier alpha value is -3.84. The number of aliphatic hydroxyl groups is 1. The van der Waals surface area contributed by atoms with Gasteiger partial charge in [0.2, 0.25) is 0 Å². The van der Waals surface area contributed by atoms with Crippen molar-refractivity contribution in [3.8, 4) is 5.75 Å². The topological polar surface area (TPSA) is 73.3 Å². The van der Waals surface area contributed by atoms with Gasteiger partial charge < -0.3 is 19.6 Å². The predicted octanol–water partition coefficient (Wildman–Crippen LogP) is 4.13. The molecule has 0 unspecified atom stereocenters. The van der Waals surface area contributed by atoms with E-state index in [-0.39, 0.29) is 11.8 Å². The number of urea groups is 1. The van der Waals surface area contributed by atoms with Gasteiger partial charge in [-0.15, -0.1) is 0 Å². The summed E-state index contributed by atoms with van der Waals surface area (Å²) in [5.41, 5.74) is 4.36. The van der Waals surface area contributed by atoms with Gasteiger partial charge in [0.05, 0.1) is 13.7 Å². The summed E-state index contributed by atoms with van der Waals surface area (Å²) in [6, 6.07) is 22.9. The van der Waals surface area contributed by atoms with E-state index in [0.717, 1.165) is 41.3 Å². The van der Waals surface area contributed by atoms with Gasteiger partial charge in [0, 0.05) is 49.2 Å². The summed E-state index contributed by atoms with van der Waals surface area (Å²) in [4.78, 5) is 31.4. The van der Waals surface area contributed by atoms with Gasteiger partial charge in [0.1, 0.15) is 12.4 Å². The smallest absolute Gasteiger partial charge is 0.324 e. The van der Waals surface area contributed by atoms with Crippen LogP contribution < -0.4 is 14.5 Å². The summed E-state index contributed by atoms with van der Waals surface area (Å²) in [5, 5.41) is 9.09. The van der Waals surface area contributed by atoms with Crippen LogP contribution in [0.25, 0.3) is 0 Å². The standard InChI is InChI=1S/C28H31N3O4/c1-21-5-3-7-25(17-21)31(19-22-9-11-23(12-10-22)27(33)20-32)28(34)30-15-13-29(14-16-30)24-6-4-8-26(18-24)35-2/h3-12,17-18,32H,13-16,19-20H2,1-2H3. The van der Waals surface area contributed by atoms with Gasteiger partial charge in [0.15, 0.2) is 5.78 Å². The molecule has 3 aromatic carbocycles. The Kier molecular flexibility index (Phi) is 7.67. The van der Waals surface area contributed by atoms with Crippen molar-refractivity contribution < 1.29 is 19.4 Å². The zero-order chi connectivity index (χ0) is 24.8. The second-order valence-electron chi connectivity index (χ2n) is 8.66. The number of ether oxygens (including phenoxy) is 1. The molecule has 7 heteroatoms. The quantitative estimate of drug-likeness (QED) is 0.523. The first kappa shape index (κ1) is 24.3. The fourth-order valence-electron chi connectivity index (χ4n) is 4.27. The lowest BCUT2D eigenvalue weighted by Crippen LogP contribution is -2.53. The minimum Gasteiger partial charge on any atom is -0.497 e. The van der Waals surface area contributed by atoms with Crippen molar-refractivity contribution in [3.05, 3.63) is 89.5 Å². The molecule has 1 heterocycles. The fourth-order valence-corrected chi connectivity index (χ4v) is 4.27. The third kappa shape index (κ3) is 5.81. The summed E-state index contributed by atoms with van der Waals surface area (Å²) >= 11 is 0. The van der Waals surface area contributed by atoms with E-state index in [4.69, 9.17) is 9.84 Å². The summed E-state index contributed by atoms with van der Waals surface area (Å²) in [7, 11) is 1.66. The van der Waals surface area contributed by atoms with Crippen molar-refractivity contribution >= 4 is 23.2 Å². The Morgan fingerprint density at radius 1 is 0.943 bits per heavy atom. The molecule has 4 rings (SSSR count). The number of piperazine rings is 1. The van der Waals surface area contributed by atoms with Crippen LogP contribution in [0.15, 0.2) is 72.8 Å². The first-order valence-electron chi connectivity index (χ1n) is 11.7. The molecule has 0 aromatic heterocycles. The number of aryl methyl sites for hydroxylation is 1. The SMILES string of the molecule is COc1cccc(N2CCN(C(=O)N(Cc3ccc(C(=O)CO)cc3)c3cccc(C)c3)CC2)c1. The van der Waals surface area contributed by atoms with Crippen LogP contribution in [0.5, 0.6) is 5.75 Å². The van der Waals surface area contributed by atoms with Crippen molar-refractivity contribution in [2.24, 2.45) is 0 Å². The van der Waals surface area contributed by atoms with Gasteiger partial charge in [-0.3, -0.25) is 9.69 Å². The van der Waals surface area contributed by atoms with E-state index in [1.54, 1.807) is 24.1 Å². The second-order valence-corrected chi connectivity index (χ2v) is 8.66. The van der Waals surface area contributed by atoms with E-state index < -0.39 is 6.61 Å². The molecule has 1 aliphatic rings. The number of hydrogen-bond acceptors (Lipinski definition) is 5. The third-order valence-electron chi connectivity index (χ3n) is 6.27. The number of carbonyl (C=O) groups is 2. The number of ketones is 1. The Balaban J connectivity index is 1.50. The van der Waals surface area contributed by atoms with Crippen LogP contribution in [0.3, 0.4) is 0 Å². The highest BCUT2D eigenvalue weighted by Gasteiger charge is 2.27. The van der Waals surface area contributed by atoms with Crippen molar-refractivity contribution in [2.75, 3.05) is 49.7 Å². The molecule has 0 aliphatic carbocycles. The van der Waals surface area contributed by atoms with Gasteiger partial charge in [-0.05, 0) is 42.3 Å². The Bertz CT molecular complexity index is 1170. The maximum Gasteiger partial charge on any atom is 0.324 e. The van der Waals surface area contributed by atoms with Crippen LogP contribution in [0.2, 0.25) is 0 Å². The van der Waals surface area contributed by atoms with Crippen LogP contribution >= 0.6 is 0 Å². The highest BCUT2D eigenvalue weighted by Crippen LogP contribution is 2.25. The number of nitrogens with zero attached hydrogens (tertiary/aromatic N) is 3. The van der Waals surface area contributed by atoms with E-state index in [2.05, 4.69) is 11.0 Å². The second kappa shape index (κ2) is 11.1. The molecule has 1 N–H and O–H groups in total. The number of methoxy groups -OCH3 is 1. The van der Waals surface area contributed by atoms with Crippen LogP contribution in [0, 0.1) is 6.92 Å². The highest BCUT2D eigenvalue weighted by atomic mass is 16.5. The van der Waals surface area contributed by atoms with Crippen LogP contribution in [0.4, 0.5) is 16.2 Å². The number of anilines is 2. The molecule has 7 nitrogen and oxygen atoms in total. The van der Waals surface area contributed by atoms with Gasteiger partial charge in [-0.2, -0.15) is 0 Å². The lowest BCUT2D eigenvalue weighted by Gasteiger charge is -2.38. The molecular weight excluding hydrogens is 442 g/mol. The van der Waals surface area contributed by atoms with Crippen molar-refractivity contribution in [2.45, 2.75) is 13.5 Å². The minimum absolute atomic E-state index is 0.0450. The van der Waals surface area contributed by atoms with Crippen molar-refractivity contribution in [1.82, 2.24) is 4.90 Å². The molecule has 1 saturated heterocycles. The largest absolute Gasteiger partial charge is 0.497 e. The summed E-state index contributed by atoms with van der Waals surface area (Å²) in [6.45, 7) is 4.57. The Labute approximate surface area is 206 Å². The normalized spacial score (nSPS) is 13.5. The molecule has 3 aromatic rings. The Morgan fingerprint density at radius 2 is 1.66 bits per heavy atom. The molecule has 182 valence electrons. The number of benzene rings is 3. The molecule has 0 radical (unpaired) electrons. The maximum absolute atomic E-state index is 13.7. The van der Waals surface area contributed by atoms with Gasteiger partial charge in [0.25, 0.3) is 0 Å². The zero-order valence-corrected chi connectivity index (χ0v) is 20.2. The molecule has 0 bridgehead atoms. The molecular formula is C28H31N3O4. The Morgan fingerprint density at radius 3 is 2.31 bits per heavy atom. The van der Waals surface area contributed by atoms with E-state index in [0.29, 0.717) is 25.2 Å². The van der Waals surface area contributed by atoms with E-state index >= 15 is 0 Å². The number of Topliss-reactive ketones (excluding diaryl/α,β-unsaturated/α-hetero) is 1. The molecule has 1 aliphatic heterocycles. The van der Waals surface area contributed by atoms with Gasteiger partial charge in [-0.1, -0.05) is 42.5 Å². The first-order chi connectivity index (χ1) is 17.0. The third-order valence-corrected chi connectivity index (χ3v) is 6.27. The maximum atomic E-state index is 13.7. The molecule has 35 heavy (non-hydrogen) atoms. The van der Waals surface area contributed by atoms with Crippen LogP contribution in [0.1, 0.15) is 21.5 Å². The van der Waals surface area contributed by atoms with E-state index in [9.17, 15) is 9.59 Å².